The number of hydrogen-bond acceptors (Lipinski definition) is 9. The van der Waals surface area contributed by atoms with Gasteiger partial charge in [0.2, 0.25) is 21.9 Å². The number of benzene rings is 3. The van der Waals surface area contributed by atoms with Gasteiger partial charge in [0, 0.05) is 31.7 Å². The van der Waals surface area contributed by atoms with E-state index in [2.05, 4.69) is 22.4 Å². The molecule has 0 spiro atoms. The van der Waals surface area contributed by atoms with E-state index in [1.54, 1.807) is 48.5 Å². The number of nitriles is 2. The summed E-state index contributed by atoms with van der Waals surface area (Å²) in [6.07, 6.45) is 0.650. The van der Waals surface area contributed by atoms with Crippen LogP contribution in [0, 0.1) is 36.5 Å². The Morgan fingerprint density at radius 1 is 0.976 bits per heavy atom. The van der Waals surface area contributed by atoms with Gasteiger partial charge in [-0.2, -0.15) is 15.5 Å². The zero-order valence-electron chi connectivity index (χ0n) is 22.5. The summed E-state index contributed by atoms with van der Waals surface area (Å²) in [4.78, 5) is 11.8. The molecule has 0 fully saturated rings. The molecule has 5 rings (SSSR count). The van der Waals surface area contributed by atoms with E-state index in [4.69, 9.17) is 25.1 Å². The first-order chi connectivity index (χ1) is 19.6. The normalized spacial score (nSPS) is 13.1. The molecule has 0 saturated carbocycles. The number of aromatic nitrogens is 2. The first-order valence-corrected chi connectivity index (χ1v) is 14.4. The lowest BCUT2D eigenvalue weighted by Crippen LogP contribution is -2.31. The number of aryl methyl sites for hydroxylation is 2. The maximum Gasteiger partial charge on any atom is 0.238 e. The summed E-state index contributed by atoms with van der Waals surface area (Å²) in [7, 11) is -3.75. The fourth-order valence-corrected chi connectivity index (χ4v) is 5.30. The molecule has 0 aliphatic carbocycles. The molecule has 2 heterocycles. The topological polar surface area (TPSA) is 158 Å². The number of primary sulfonamides is 1. The molecule has 0 unspecified atom stereocenters. The molecule has 0 amide bonds. The van der Waals surface area contributed by atoms with Crippen molar-refractivity contribution in [2.45, 2.75) is 38.3 Å². The molecular formula is C30H27N7O3S. The van der Waals surface area contributed by atoms with Crippen LogP contribution >= 0.6 is 0 Å². The first kappa shape index (κ1) is 27.7. The van der Waals surface area contributed by atoms with Gasteiger partial charge in [-0.15, -0.1) is 0 Å². The lowest BCUT2D eigenvalue weighted by atomic mass is 10.0. The van der Waals surface area contributed by atoms with Crippen molar-refractivity contribution in [1.29, 1.82) is 10.5 Å². The number of anilines is 2. The fourth-order valence-electron chi connectivity index (χ4n) is 4.79. The Bertz CT molecular complexity index is 1780. The summed E-state index contributed by atoms with van der Waals surface area (Å²) in [5, 5.41) is 26.9. The highest BCUT2D eigenvalue weighted by molar-refractivity contribution is 7.89. The summed E-state index contributed by atoms with van der Waals surface area (Å²) < 4.78 is 29.7. The standard InChI is InChI=1S/C30H27N7O3S/c1-19-13-23(16-32)14-20(2)28(19)40-29-26-18-37(17-22-5-9-25(10-6-22)41(33,38)39)12-11-27(26)35-30(36-29)34-24-7-3-21(15-31)4-8-24/h3-10,13-14H,11-12,17-18H2,1-2H3,(H2,33,38,39)(H,34,35,36). The highest BCUT2D eigenvalue weighted by Crippen LogP contribution is 2.35. The van der Waals surface area contributed by atoms with E-state index < -0.39 is 10.0 Å². The largest absolute Gasteiger partial charge is 0.438 e. The number of nitrogens with two attached hydrogens (primary N) is 1. The minimum Gasteiger partial charge on any atom is -0.438 e. The Hall–Kier alpha value is -4.81. The van der Waals surface area contributed by atoms with Crippen LogP contribution in [0.2, 0.25) is 0 Å². The molecule has 0 radical (unpaired) electrons. The number of sulfonamides is 1. The van der Waals surface area contributed by atoms with Gasteiger partial charge in [0.15, 0.2) is 0 Å². The molecule has 206 valence electrons. The van der Waals surface area contributed by atoms with Crippen molar-refractivity contribution < 1.29 is 13.2 Å². The number of hydrogen-bond donors (Lipinski definition) is 2. The van der Waals surface area contributed by atoms with Crippen LogP contribution in [-0.2, 0) is 29.5 Å². The second-order valence-corrected chi connectivity index (χ2v) is 11.5. The number of fused-ring (bicyclic) bond motifs is 1. The number of nitrogens with one attached hydrogen (secondary N) is 1. The van der Waals surface area contributed by atoms with Crippen molar-refractivity contribution in [2.24, 2.45) is 5.14 Å². The summed E-state index contributed by atoms with van der Waals surface area (Å²) >= 11 is 0. The van der Waals surface area contributed by atoms with Gasteiger partial charge in [-0.25, -0.2) is 18.5 Å². The SMILES string of the molecule is Cc1cc(C#N)cc(C)c1Oc1nc(Nc2ccc(C#N)cc2)nc2c1CN(Cc1ccc(S(N)(=O)=O)cc1)CC2. The summed E-state index contributed by atoms with van der Waals surface area (Å²) in [6, 6.07) is 21.4. The number of rotatable bonds is 7. The third-order valence-corrected chi connectivity index (χ3v) is 7.75. The Balaban J connectivity index is 1.47. The number of nitrogens with zero attached hydrogens (tertiary/aromatic N) is 5. The van der Waals surface area contributed by atoms with Crippen molar-refractivity contribution in [3.63, 3.8) is 0 Å². The van der Waals surface area contributed by atoms with Crippen LogP contribution in [-0.4, -0.2) is 29.8 Å². The Morgan fingerprint density at radius 3 is 2.24 bits per heavy atom. The van der Waals surface area contributed by atoms with Crippen LogP contribution in [0.1, 0.15) is 39.1 Å². The molecule has 0 atom stereocenters. The maximum atomic E-state index is 11.6. The van der Waals surface area contributed by atoms with Crippen LogP contribution in [0.15, 0.2) is 65.6 Å². The molecule has 10 nitrogen and oxygen atoms in total. The smallest absolute Gasteiger partial charge is 0.238 e. The van der Waals surface area contributed by atoms with Gasteiger partial charge in [-0.3, -0.25) is 4.90 Å². The van der Waals surface area contributed by atoms with E-state index in [9.17, 15) is 13.7 Å². The molecule has 0 saturated heterocycles. The lowest BCUT2D eigenvalue weighted by Gasteiger charge is -2.29. The van der Waals surface area contributed by atoms with Gasteiger partial charge in [0.25, 0.3) is 0 Å². The summed E-state index contributed by atoms with van der Waals surface area (Å²) in [5.41, 5.74) is 6.14. The second-order valence-electron chi connectivity index (χ2n) is 9.89. The first-order valence-electron chi connectivity index (χ1n) is 12.8. The van der Waals surface area contributed by atoms with Crippen molar-refractivity contribution in [1.82, 2.24) is 14.9 Å². The van der Waals surface area contributed by atoms with E-state index in [1.165, 1.54) is 12.1 Å². The zero-order chi connectivity index (χ0) is 29.1. The van der Waals surface area contributed by atoms with Crippen LogP contribution < -0.4 is 15.2 Å². The maximum absolute atomic E-state index is 11.6. The van der Waals surface area contributed by atoms with E-state index >= 15 is 0 Å². The summed E-state index contributed by atoms with van der Waals surface area (Å²) in [6.45, 7) is 5.62. The van der Waals surface area contributed by atoms with Crippen LogP contribution in [0.4, 0.5) is 11.6 Å². The molecule has 1 aliphatic heterocycles. The Labute approximate surface area is 238 Å². The minimum atomic E-state index is -3.75. The van der Waals surface area contributed by atoms with Crippen LogP contribution in [0.3, 0.4) is 0 Å². The molecule has 41 heavy (non-hydrogen) atoms. The monoisotopic (exact) mass is 565 g/mol. The average molecular weight is 566 g/mol. The quantitative estimate of drug-likeness (QED) is 0.327. The van der Waals surface area contributed by atoms with Gasteiger partial charge in [-0.05, 0) is 79.1 Å². The third-order valence-electron chi connectivity index (χ3n) is 6.82. The minimum absolute atomic E-state index is 0.0739. The highest BCUT2D eigenvalue weighted by Gasteiger charge is 2.25. The second kappa shape index (κ2) is 11.4. The van der Waals surface area contributed by atoms with Crippen molar-refractivity contribution in [3.8, 4) is 23.8 Å². The molecule has 11 heteroatoms. The molecule has 1 aliphatic rings. The zero-order valence-corrected chi connectivity index (χ0v) is 23.4. The number of ether oxygens (including phenoxy) is 1. The van der Waals surface area contributed by atoms with Crippen molar-refractivity contribution >= 4 is 21.7 Å². The Kier molecular flexibility index (Phi) is 7.68. The van der Waals surface area contributed by atoms with Crippen LogP contribution in [0.5, 0.6) is 11.6 Å². The molecule has 0 bridgehead atoms. The highest BCUT2D eigenvalue weighted by atomic mass is 32.2. The molecule has 3 aromatic carbocycles. The van der Waals surface area contributed by atoms with E-state index in [-0.39, 0.29) is 4.90 Å². The average Bonchev–Trinajstić information content (AvgIpc) is 2.95. The molecule has 1 aromatic heterocycles. The molecule has 3 N–H and O–H groups in total. The summed E-state index contributed by atoms with van der Waals surface area (Å²) in [5.74, 6) is 1.42. The van der Waals surface area contributed by atoms with Gasteiger partial charge in [0.05, 0.1) is 39.4 Å². The van der Waals surface area contributed by atoms with Crippen LogP contribution in [0.25, 0.3) is 0 Å². The lowest BCUT2D eigenvalue weighted by molar-refractivity contribution is 0.238. The fraction of sp³-hybridized carbons (Fsp3) is 0.200. The van der Waals surface area contributed by atoms with E-state index in [1.807, 2.05) is 13.8 Å². The predicted molar refractivity (Wildman–Crippen MR) is 153 cm³/mol. The predicted octanol–water partition coefficient (Wildman–Crippen LogP) is 4.58. The van der Waals surface area contributed by atoms with Gasteiger partial charge < -0.3 is 10.1 Å². The van der Waals surface area contributed by atoms with Gasteiger partial charge in [-0.1, -0.05) is 12.1 Å². The van der Waals surface area contributed by atoms with E-state index in [0.29, 0.717) is 48.2 Å². The van der Waals surface area contributed by atoms with Crippen molar-refractivity contribution in [3.05, 3.63) is 99.7 Å². The Morgan fingerprint density at radius 2 is 1.63 bits per heavy atom. The molecule has 4 aromatic rings. The van der Waals surface area contributed by atoms with Gasteiger partial charge in [0.1, 0.15) is 5.75 Å². The van der Waals surface area contributed by atoms with Crippen molar-refractivity contribution in [2.75, 3.05) is 11.9 Å². The van der Waals surface area contributed by atoms with E-state index in [0.717, 1.165) is 40.2 Å². The van der Waals surface area contributed by atoms with Gasteiger partial charge >= 0.3 is 0 Å². The molecular weight excluding hydrogens is 538 g/mol. The third kappa shape index (κ3) is 6.34.